The molecule has 1 aliphatic rings. The largest absolute Gasteiger partial charge is 0.338 e. The van der Waals surface area contributed by atoms with Gasteiger partial charge in [0, 0.05) is 19.6 Å². The maximum Gasteiger partial charge on any atom is 0.227 e. The molecule has 1 heterocycles. The second-order valence-electron chi connectivity index (χ2n) is 4.67. The molecule has 0 radical (unpaired) electrons. The fourth-order valence-corrected chi connectivity index (χ4v) is 2.32. The SMILES string of the molecule is CCN(Cc1cccc(F)c1)C(=O)C1CCNC1.Cl. The van der Waals surface area contributed by atoms with Crippen LogP contribution in [0, 0.1) is 11.7 Å². The average Bonchev–Trinajstić information content (AvgIpc) is 2.89. The van der Waals surface area contributed by atoms with Gasteiger partial charge in [-0.2, -0.15) is 0 Å². The van der Waals surface area contributed by atoms with Gasteiger partial charge in [0.15, 0.2) is 0 Å². The average molecular weight is 287 g/mol. The van der Waals surface area contributed by atoms with E-state index in [1.807, 2.05) is 13.0 Å². The molecule has 1 fully saturated rings. The molecule has 1 saturated heterocycles. The summed E-state index contributed by atoms with van der Waals surface area (Å²) in [5.74, 6) is 0.00352. The van der Waals surface area contributed by atoms with E-state index in [4.69, 9.17) is 0 Å². The van der Waals surface area contributed by atoms with E-state index < -0.39 is 0 Å². The number of carbonyl (C=O) groups is 1. The molecule has 1 amide bonds. The van der Waals surface area contributed by atoms with Gasteiger partial charge in [-0.25, -0.2) is 4.39 Å². The summed E-state index contributed by atoms with van der Waals surface area (Å²) in [4.78, 5) is 14.1. The van der Waals surface area contributed by atoms with Crippen molar-refractivity contribution in [3.63, 3.8) is 0 Å². The number of nitrogens with zero attached hydrogens (tertiary/aromatic N) is 1. The second kappa shape index (κ2) is 7.46. The van der Waals surface area contributed by atoms with E-state index in [9.17, 15) is 9.18 Å². The first-order chi connectivity index (χ1) is 8.70. The van der Waals surface area contributed by atoms with Crippen molar-refractivity contribution in [3.05, 3.63) is 35.6 Å². The van der Waals surface area contributed by atoms with Crippen LogP contribution in [0.5, 0.6) is 0 Å². The molecule has 0 aliphatic carbocycles. The van der Waals surface area contributed by atoms with Crippen molar-refractivity contribution in [2.45, 2.75) is 19.9 Å². The highest BCUT2D eigenvalue weighted by atomic mass is 35.5. The van der Waals surface area contributed by atoms with Crippen LogP contribution in [0.3, 0.4) is 0 Å². The van der Waals surface area contributed by atoms with Gasteiger partial charge in [0.05, 0.1) is 5.92 Å². The Morgan fingerprint density at radius 1 is 1.53 bits per heavy atom. The van der Waals surface area contributed by atoms with Crippen LogP contribution in [0.4, 0.5) is 4.39 Å². The van der Waals surface area contributed by atoms with Crippen molar-refractivity contribution in [3.8, 4) is 0 Å². The normalized spacial score (nSPS) is 17.9. The first kappa shape index (κ1) is 15.9. The van der Waals surface area contributed by atoms with Crippen molar-refractivity contribution in [2.75, 3.05) is 19.6 Å². The summed E-state index contributed by atoms with van der Waals surface area (Å²) < 4.78 is 13.1. The van der Waals surface area contributed by atoms with Crippen LogP contribution in [0.25, 0.3) is 0 Å². The Hall–Kier alpha value is -1.13. The summed E-state index contributed by atoms with van der Waals surface area (Å²) in [5, 5.41) is 3.20. The quantitative estimate of drug-likeness (QED) is 0.920. The third-order valence-corrected chi connectivity index (χ3v) is 3.37. The number of hydrogen-bond acceptors (Lipinski definition) is 2. The molecular weight excluding hydrogens is 267 g/mol. The third-order valence-electron chi connectivity index (χ3n) is 3.37. The van der Waals surface area contributed by atoms with Crippen molar-refractivity contribution >= 4 is 18.3 Å². The number of benzene rings is 1. The topological polar surface area (TPSA) is 32.3 Å². The van der Waals surface area contributed by atoms with Crippen LogP contribution in [0.15, 0.2) is 24.3 Å². The Morgan fingerprint density at radius 3 is 2.89 bits per heavy atom. The number of hydrogen-bond donors (Lipinski definition) is 1. The highest BCUT2D eigenvalue weighted by Crippen LogP contribution is 2.14. The number of rotatable bonds is 4. The lowest BCUT2D eigenvalue weighted by Gasteiger charge is -2.24. The summed E-state index contributed by atoms with van der Waals surface area (Å²) in [6.45, 7) is 4.78. The zero-order valence-corrected chi connectivity index (χ0v) is 11.9. The van der Waals surface area contributed by atoms with E-state index >= 15 is 0 Å². The Bertz CT molecular complexity index is 422. The Labute approximate surface area is 119 Å². The van der Waals surface area contributed by atoms with Gasteiger partial charge >= 0.3 is 0 Å². The van der Waals surface area contributed by atoms with E-state index in [1.165, 1.54) is 12.1 Å². The van der Waals surface area contributed by atoms with Crippen molar-refractivity contribution in [1.29, 1.82) is 0 Å². The Morgan fingerprint density at radius 2 is 2.32 bits per heavy atom. The molecule has 2 rings (SSSR count). The summed E-state index contributed by atoms with van der Waals surface area (Å²) in [7, 11) is 0. The lowest BCUT2D eigenvalue weighted by Crippen LogP contribution is -2.36. The van der Waals surface area contributed by atoms with Gasteiger partial charge in [-0.1, -0.05) is 12.1 Å². The van der Waals surface area contributed by atoms with Crippen molar-refractivity contribution in [1.82, 2.24) is 10.2 Å². The fraction of sp³-hybridized carbons (Fsp3) is 0.500. The maximum absolute atomic E-state index is 13.1. The van der Waals surface area contributed by atoms with Gasteiger partial charge in [-0.3, -0.25) is 4.79 Å². The van der Waals surface area contributed by atoms with Gasteiger partial charge in [-0.15, -0.1) is 12.4 Å². The summed E-state index contributed by atoms with van der Waals surface area (Å²) in [5.41, 5.74) is 0.844. The predicted molar refractivity (Wildman–Crippen MR) is 75.7 cm³/mol. The van der Waals surface area contributed by atoms with Gasteiger partial charge in [0.2, 0.25) is 5.91 Å². The van der Waals surface area contributed by atoms with E-state index in [-0.39, 0.29) is 30.0 Å². The molecule has 1 N–H and O–H groups in total. The van der Waals surface area contributed by atoms with Crippen LogP contribution in [-0.4, -0.2) is 30.4 Å². The highest BCUT2D eigenvalue weighted by molar-refractivity contribution is 5.85. The molecule has 0 bridgehead atoms. The van der Waals surface area contributed by atoms with Gasteiger partial charge in [-0.05, 0) is 37.6 Å². The summed E-state index contributed by atoms with van der Waals surface area (Å²) >= 11 is 0. The highest BCUT2D eigenvalue weighted by Gasteiger charge is 2.26. The van der Waals surface area contributed by atoms with E-state index in [0.717, 1.165) is 25.1 Å². The maximum atomic E-state index is 13.1. The molecule has 19 heavy (non-hydrogen) atoms. The molecule has 0 spiro atoms. The predicted octanol–water partition coefficient (Wildman–Crippen LogP) is 2.21. The molecule has 1 aromatic carbocycles. The van der Waals surface area contributed by atoms with Crippen molar-refractivity contribution in [2.24, 2.45) is 5.92 Å². The molecule has 3 nitrogen and oxygen atoms in total. The van der Waals surface area contributed by atoms with E-state index in [2.05, 4.69) is 5.32 Å². The first-order valence-corrected chi connectivity index (χ1v) is 6.44. The lowest BCUT2D eigenvalue weighted by molar-refractivity contribution is -0.135. The number of amides is 1. The minimum atomic E-state index is -0.251. The molecule has 0 aromatic heterocycles. The number of halogens is 2. The van der Waals surface area contributed by atoms with Gasteiger partial charge in [0.25, 0.3) is 0 Å². The smallest absolute Gasteiger partial charge is 0.227 e. The van der Waals surface area contributed by atoms with Gasteiger partial charge in [0.1, 0.15) is 5.82 Å². The van der Waals surface area contributed by atoms with Crippen LogP contribution in [0.2, 0.25) is 0 Å². The molecule has 5 heteroatoms. The molecule has 106 valence electrons. The fourth-order valence-electron chi connectivity index (χ4n) is 2.32. The van der Waals surface area contributed by atoms with Crippen LogP contribution in [0.1, 0.15) is 18.9 Å². The Balaban J connectivity index is 0.00000180. The third kappa shape index (κ3) is 4.18. The molecule has 0 saturated carbocycles. The van der Waals surface area contributed by atoms with Crippen LogP contribution >= 0.6 is 12.4 Å². The standard InChI is InChI=1S/C14H19FN2O.ClH/c1-2-17(14(18)12-6-7-16-9-12)10-11-4-3-5-13(15)8-11;/h3-5,8,12,16H,2,6-7,9-10H2,1H3;1H. The molecular formula is C14H20ClFN2O. The molecule has 1 aromatic rings. The lowest BCUT2D eigenvalue weighted by atomic mass is 10.1. The van der Waals surface area contributed by atoms with Crippen LogP contribution < -0.4 is 5.32 Å². The Kier molecular flexibility index (Phi) is 6.25. The van der Waals surface area contributed by atoms with Crippen molar-refractivity contribution < 1.29 is 9.18 Å². The van der Waals surface area contributed by atoms with E-state index in [0.29, 0.717) is 13.1 Å². The second-order valence-corrected chi connectivity index (χ2v) is 4.67. The molecule has 1 aliphatic heterocycles. The zero-order valence-electron chi connectivity index (χ0n) is 11.1. The molecule has 1 atom stereocenters. The van der Waals surface area contributed by atoms with E-state index in [1.54, 1.807) is 11.0 Å². The zero-order chi connectivity index (χ0) is 13.0. The van der Waals surface area contributed by atoms with Crippen LogP contribution in [-0.2, 0) is 11.3 Å². The summed E-state index contributed by atoms with van der Waals surface area (Å²) in [6.07, 6.45) is 0.901. The van der Waals surface area contributed by atoms with Gasteiger partial charge < -0.3 is 10.2 Å². The minimum absolute atomic E-state index is 0. The summed E-state index contributed by atoms with van der Waals surface area (Å²) in [6, 6.07) is 6.44. The monoisotopic (exact) mass is 286 g/mol. The first-order valence-electron chi connectivity index (χ1n) is 6.44. The molecule has 1 unspecified atom stereocenters. The number of carbonyl (C=O) groups excluding carboxylic acids is 1. The minimum Gasteiger partial charge on any atom is -0.338 e. The number of nitrogens with one attached hydrogen (secondary N) is 1.